The topological polar surface area (TPSA) is 40.5 Å². The highest BCUT2D eigenvalue weighted by atomic mass is 19.3. The molecule has 0 aliphatic rings. The summed E-state index contributed by atoms with van der Waals surface area (Å²) in [6.45, 7) is 1.67. The lowest BCUT2D eigenvalue weighted by Gasteiger charge is -2.30. The number of hydrogen-bond donors (Lipinski definition) is 2. The molecule has 0 unspecified atom stereocenters. The highest BCUT2D eigenvalue weighted by Gasteiger charge is 2.69. The molecule has 0 bridgehead atoms. The molecule has 2 nitrogen and oxygen atoms in total. The Morgan fingerprint density at radius 2 is 1.40 bits per heavy atom. The first-order chi connectivity index (χ1) is 6.56. The maximum atomic E-state index is 12.7. The standard InChI is InChI=1S/C8H13F5O2/c1-2-3-4-5-6(9,10)7(11,12)8(13,14)15/h14-15H,2-5H2,1H3. The lowest BCUT2D eigenvalue weighted by atomic mass is 10.0. The molecule has 2 N–H and O–H groups in total. The van der Waals surface area contributed by atoms with Gasteiger partial charge in [0.1, 0.15) is 0 Å². The average molecular weight is 236 g/mol. The summed E-state index contributed by atoms with van der Waals surface area (Å²) in [6, 6.07) is -5.21. The molecule has 15 heavy (non-hydrogen) atoms. The smallest absolute Gasteiger partial charge is 0.335 e. The molecule has 0 spiro atoms. The van der Waals surface area contributed by atoms with E-state index in [1.807, 2.05) is 0 Å². The van der Waals surface area contributed by atoms with Gasteiger partial charge >= 0.3 is 17.9 Å². The van der Waals surface area contributed by atoms with Crippen LogP contribution in [0.2, 0.25) is 0 Å². The zero-order valence-electron chi connectivity index (χ0n) is 8.11. The van der Waals surface area contributed by atoms with Crippen molar-refractivity contribution in [2.24, 2.45) is 0 Å². The van der Waals surface area contributed by atoms with Gasteiger partial charge in [-0.3, -0.25) is 0 Å². The lowest BCUT2D eigenvalue weighted by molar-refractivity contribution is -0.414. The summed E-state index contributed by atoms with van der Waals surface area (Å²) in [6.07, 6.45) is -0.724. The van der Waals surface area contributed by atoms with Crippen LogP contribution in [0.1, 0.15) is 32.6 Å². The molecular formula is C8H13F5O2. The van der Waals surface area contributed by atoms with Gasteiger partial charge in [-0.15, -0.1) is 0 Å². The Morgan fingerprint density at radius 3 is 1.73 bits per heavy atom. The fraction of sp³-hybridized carbons (Fsp3) is 1.00. The van der Waals surface area contributed by atoms with Crippen molar-refractivity contribution in [3.05, 3.63) is 0 Å². The van der Waals surface area contributed by atoms with E-state index in [2.05, 4.69) is 0 Å². The summed E-state index contributed by atoms with van der Waals surface area (Å²) in [5, 5.41) is 15.8. The van der Waals surface area contributed by atoms with Crippen LogP contribution in [-0.2, 0) is 0 Å². The predicted molar refractivity (Wildman–Crippen MR) is 42.3 cm³/mol. The minimum absolute atomic E-state index is 0.241. The van der Waals surface area contributed by atoms with E-state index in [0.29, 0.717) is 6.42 Å². The molecule has 0 radical (unpaired) electrons. The van der Waals surface area contributed by atoms with E-state index >= 15 is 0 Å². The van der Waals surface area contributed by atoms with Crippen LogP contribution in [0.25, 0.3) is 0 Å². The van der Waals surface area contributed by atoms with Crippen LogP contribution in [0, 0.1) is 0 Å². The van der Waals surface area contributed by atoms with Gasteiger partial charge in [-0.2, -0.15) is 22.0 Å². The van der Waals surface area contributed by atoms with Gasteiger partial charge in [0.15, 0.2) is 0 Å². The Bertz CT molecular complexity index is 200. The highest BCUT2D eigenvalue weighted by molar-refractivity contribution is 4.90. The maximum Gasteiger partial charge on any atom is 0.393 e. The summed E-state index contributed by atoms with van der Waals surface area (Å²) in [5.74, 6) is -10.3. The lowest BCUT2D eigenvalue weighted by Crippen LogP contribution is -2.56. The fourth-order valence-electron chi connectivity index (χ4n) is 0.987. The zero-order valence-corrected chi connectivity index (χ0v) is 8.11. The first kappa shape index (κ1) is 14.6. The summed E-state index contributed by atoms with van der Waals surface area (Å²) in [7, 11) is 0. The molecule has 0 aliphatic carbocycles. The molecule has 0 aromatic rings. The monoisotopic (exact) mass is 236 g/mol. The van der Waals surface area contributed by atoms with Gasteiger partial charge < -0.3 is 10.2 Å². The molecule has 0 amide bonds. The van der Waals surface area contributed by atoms with Crippen molar-refractivity contribution in [1.29, 1.82) is 0 Å². The third-order valence-corrected chi connectivity index (χ3v) is 1.95. The van der Waals surface area contributed by atoms with Crippen molar-refractivity contribution in [3.8, 4) is 0 Å². The Labute approximate surface area is 83.7 Å². The van der Waals surface area contributed by atoms with Crippen molar-refractivity contribution in [2.45, 2.75) is 50.5 Å². The Kier molecular flexibility index (Phi) is 4.48. The molecule has 0 rings (SSSR count). The van der Waals surface area contributed by atoms with E-state index in [1.54, 1.807) is 6.92 Å². The quantitative estimate of drug-likeness (QED) is 0.422. The first-order valence-electron chi connectivity index (χ1n) is 4.45. The second kappa shape index (κ2) is 4.61. The summed E-state index contributed by atoms with van der Waals surface area (Å²) in [4.78, 5) is 0. The molecule has 0 fully saturated rings. The minimum atomic E-state index is -5.51. The van der Waals surface area contributed by atoms with Gasteiger partial charge in [0, 0.05) is 6.42 Å². The predicted octanol–water partition coefficient (Wildman–Crippen LogP) is 2.45. The van der Waals surface area contributed by atoms with Crippen molar-refractivity contribution >= 4 is 0 Å². The van der Waals surface area contributed by atoms with Crippen LogP contribution < -0.4 is 0 Å². The van der Waals surface area contributed by atoms with E-state index in [1.165, 1.54) is 0 Å². The highest BCUT2D eigenvalue weighted by Crippen LogP contribution is 2.44. The average Bonchev–Trinajstić information content (AvgIpc) is 2.02. The summed E-state index contributed by atoms with van der Waals surface area (Å²) in [5.41, 5.74) is 0. The van der Waals surface area contributed by atoms with E-state index in [4.69, 9.17) is 10.2 Å². The summed E-state index contributed by atoms with van der Waals surface area (Å²) < 4.78 is 62.5. The SMILES string of the molecule is CCCCCC(F)(F)C(F)(F)C(O)(O)F. The number of halogens is 5. The van der Waals surface area contributed by atoms with E-state index in [-0.39, 0.29) is 12.8 Å². The largest absolute Gasteiger partial charge is 0.393 e. The molecule has 0 saturated heterocycles. The van der Waals surface area contributed by atoms with E-state index in [9.17, 15) is 22.0 Å². The number of aliphatic hydroxyl groups is 2. The molecule has 0 heterocycles. The van der Waals surface area contributed by atoms with Gasteiger partial charge in [-0.05, 0) is 6.42 Å². The molecule has 0 saturated carbocycles. The Hall–Kier alpha value is -0.430. The fourth-order valence-corrected chi connectivity index (χ4v) is 0.987. The molecule has 0 atom stereocenters. The minimum Gasteiger partial charge on any atom is -0.335 e. The van der Waals surface area contributed by atoms with E-state index in [0.717, 1.165) is 0 Å². The van der Waals surface area contributed by atoms with Crippen LogP contribution in [0.15, 0.2) is 0 Å². The van der Waals surface area contributed by atoms with Crippen molar-refractivity contribution in [2.75, 3.05) is 0 Å². The van der Waals surface area contributed by atoms with Crippen LogP contribution in [-0.4, -0.2) is 28.1 Å². The number of unbranched alkanes of at least 4 members (excludes halogenated alkanes) is 2. The van der Waals surface area contributed by atoms with Gasteiger partial charge in [-0.1, -0.05) is 19.8 Å². The van der Waals surface area contributed by atoms with Crippen molar-refractivity contribution < 1.29 is 32.2 Å². The first-order valence-corrected chi connectivity index (χ1v) is 4.45. The van der Waals surface area contributed by atoms with Gasteiger partial charge in [0.25, 0.3) is 0 Å². The third-order valence-electron chi connectivity index (χ3n) is 1.95. The summed E-state index contributed by atoms with van der Waals surface area (Å²) >= 11 is 0. The Morgan fingerprint density at radius 1 is 0.933 bits per heavy atom. The van der Waals surface area contributed by atoms with Crippen molar-refractivity contribution in [1.82, 2.24) is 0 Å². The number of alkyl halides is 5. The Balaban J connectivity index is 4.56. The van der Waals surface area contributed by atoms with Crippen LogP contribution in [0.3, 0.4) is 0 Å². The molecule has 0 aliphatic heterocycles. The van der Waals surface area contributed by atoms with Crippen LogP contribution in [0.4, 0.5) is 22.0 Å². The normalized spacial score (nSPS) is 14.4. The maximum absolute atomic E-state index is 12.7. The number of hydrogen-bond acceptors (Lipinski definition) is 2. The second-order valence-corrected chi connectivity index (χ2v) is 3.32. The molecule has 7 heteroatoms. The van der Waals surface area contributed by atoms with Crippen molar-refractivity contribution in [3.63, 3.8) is 0 Å². The van der Waals surface area contributed by atoms with E-state index < -0.39 is 24.3 Å². The third kappa shape index (κ3) is 3.27. The molecule has 92 valence electrons. The van der Waals surface area contributed by atoms with Crippen LogP contribution >= 0.6 is 0 Å². The molecule has 0 aromatic heterocycles. The van der Waals surface area contributed by atoms with Gasteiger partial charge in [0.2, 0.25) is 0 Å². The van der Waals surface area contributed by atoms with Crippen LogP contribution in [0.5, 0.6) is 0 Å². The zero-order chi connectivity index (χ0) is 12.3. The number of rotatable bonds is 6. The molecular weight excluding hydrogens is 223 g/mol. The molecule has 0 aromatic carbocycles. The van der Waals surface area contributed by atoms with Gasteiger partial charge in [-0.25, -0.2) is 0 Å². The van der Waals surface area contributed by atoms with Gasteiger partial charge in [0.05, 0.1) is 0 Å². The second-order valence-electron chi connectivity index (χ2n) is 3.32.